The van der Waals surface area contributed by atoms with Gasteiger partial charge in [-0.25, -0.2) is 13.8 Å². The molecule has 1 aliphatic rings. The molecule has 0 saturated carbocycles. The first-order valence-electron chi connectivity index (χ1n) is 10.7. The molecule has 6 nitrogen and oxygen atoms in total. The van der Waals surface area contributed by atoms with Crippen molar-refractivity contribution in [2.75, 3.05) is 11.5 Å². The van der Waals surface area contributed by atoms with Crippen molar-refractivity contribution in [1.82, 2.24) is 4.98 Å². The van der Waals surface area contributed by atoms with Crippen LogP contribution in [0.25, 0.3) is 16.0 Å². The van der Waals surface area contributed by atoms with Crippen LogP contribution in [0, 0.1) is 11.6 Å². The van der Waals surface area contributed by atoms with Gasteiger partial charge in [0, 0.05) is 5.56 Å². The summed E-state index contributed by atoms with van der Waals surface area (Å²) in [6.45, 7) is 2.35. The van der Waals surface area contributed by atoms with E-state index in [1.54, 1.807) is 18.2 Å². The molecule has 1 aromatic heterocycles. The minimum absolute atomic E-state index is 0.169. The van der Waals surface area contributed by atoms with Crippen molar-refractivity contribution in [3.05, 3.63) is 95.1 Å². The number of thiazole rings is 1. The quantitative estimate of drug-likeness (QED) is 0.223. The Labute approximate surface area is 202 Å². The highest BCUT2D eigenvalue weighted by Crippen LogP contribution is 2.44. The van der Waals surface area contributed by atoms with Gasteiger partial charge in [-0.3, -0.25) is 14.5 Å². The van der Waals surface area contributed by atoms with E-state index in [9.17, 15) is 23.5 Å². The number of hydrogen-bond donors (Lipinski definition) is 1. The average Bonchev–Trinajstić information content (AvgIpc) is 3.38. The Bertz CT molecular complexity index is 1480. The lowest BCUT2D eigenvalue weighted by atomic mass is 9.95. The third-order valence-electron chi connectivity index (χ3n) is 5.61. The summed E-state index contributed by atoms with van der Waals surface area (Å²) < 4.78 is 33.4. The molecule has 1 aliphatic heterocycles. The molecule has 1 amide bonds. The SMILES string of the molecule is CCOc1ccc2nc(N3C(=O)C(=O)C(=C(O)c4ccc(F)cc4)[C@H]3c3ccc(F)cc3)sc2c1. The third-order valence-corrected chi connectivity index (χ3v) is 6.63. The highest BCUT2D eigenvalue weighted by atomic mass is 32.1. The Morgan fingerprint density at radius 1 is 1.03 bits per heavy atom. The molecule has 2 heterocycles. The molecule has 1 fully saturated rings. The number of anilines is 1. The van der Waals surface area contributed by atoms with Crippen LogP contribution in [-0.4, -0.2) is 28.4 Å². The molecule has 0 unspecified atom stereocenters. The summed E-state index contributed by atoms with van der Waals surface area (Å²) in [6.07, 6.45) is 0. The molecule has 1 N–H and O–H groups in total. The van der Waals surface area contributed by atoms with Gasteiger partial charge in [0.05, 0.1) is 28.4 Å². The van der Waals surface area contributed by atoms with E-state index in [-0.39, 0.29) is 16.3 Å². The Kier molecular flexibility index (Phi) is 5.78. The number of carbonyl (C=O) groups excluding carboxylic acids is 2. The fourth-order valence-electron chi connectivity index (χ4n) is 4.01. The van der Waals surface area contributed by atoms with Gasteiger partial charge < -0.3 is 9.84 Å². The van der Waals surface area contributed by atoms with E-state index in [0.717, 1.165) is 16.8 Å². The van der Waals surface area contributed by atoms with Gasteiger partial charge in [-0.2, -0.15) is 0 Å². The molecule has 3 aromatic carbocycles. The maximum Gasteiger partial charge on any atom is 0.301 e. The first kappa shape index (κ1) is 22.7. The Hall–Kier alpha value is -4.11. The Morgan fingerprint density at radius 2 is 1.69 bits per heavy atom. The molecule has 9 heteroatoms. The molecule has 0 radical (unpaired) electrons. The minimum Gasteiger partial charge on any atom is -0.507 e. The van der Waals surface area contributed by atoms with Crippen molar-refractivity contribution < 1.29 is 28.2 Å². The molecule has 4 aromatic rings. The molecule has 5 rings (SSSR count). The van der Waals surface area contributed by atoms with Crippen molar-refractivity contribution in [2.45, 2.75) is 13.0 Å². The molecule has 0 bridgehead atoms. The number of aliphatic hydroxyl groups excluding tert-OH is 1. The van der Waals surface area contributed by atoms with Crippen LogP contribution in [0.1, 0.15) is 24.1 Å². The largest absolute Gasteiger partial charge is 0.507 e. The van der Waals surface area contributed by atoms with E-state index < -0.39 is 35.1 Å². The van der Waals surface area contributed by atoms with Crippen molar-refractivity contribution >= 4 is 44.1 Å². The monoisotopic (exact) mass is 492 g/mol. The lowest BCUT2D eigenvalue weighted by Gasteiger charge is -2.23. The number of aliphatic hydroxyl groups is 1. The number of Topliss-reactive ketones (excluding diaryl/α,β-unsaturated/α-hetero) is 1. The van der Waals surface area contributed by atoms with Crippen molar-refractivity contribution in [1.29, 1.82) is 0 Å². The Balaban J connectivity index is 1.69. The summed E-state index contributed by atoms with van der Waals surface area (Å²) >= 11 is 1.19. The van der Waals surface area contributed by atoms with E-state index in [1.807, 2.05) is 6.92 Å². The molecule has 1 atom stereocenters. The predicted octanol–water partition coefficient (Wildman–Crippen LogP) is 5.60. The van der Waals surface area contributed by atoms with Crippen LogP contribution in [0.4, 0.5) is 13.9 Å². The van der Waals surface area contributed by atoms with Gasteiger partial charge in [-0.05, 0) is 67.1 Å². The second-order valence-corrected chi connectivity index (χ2v) is 8.80. The summed E-state index contributed by atoms with van der Waals surface area (Å²) in [5, 5.41) is 11.3. The second kappa shape index (κ2) is 8.92. The molecule has 0 aliphatic carbocycles. The average molecular weight is 493 g/mol. The highest BCUT2D eigenvalue weighted by molar-refractivity contribution is 7.22. The van der Waals surface area contributed by atoms with Gasteiger partial charge >= 0.3 is 5.91 Å². The van der Waals surface area contributed by atoms with Crippen LogP contribution < -0.4 is 9.64 Å². The summed E-state index contributed by atoms with van der Waals surface area (Å²) in [6, 6.07) is 14.4. The standard InChI is InChI=1S/C26H18F2N2O4S/c1-2-34-18-11-12-19-20(13-18)35-26(29-19)30-22(14-3-7-16(27)8-4-14)21(24(32)25(30)33)23(31)15-5-9-17(28)10-6-15/h3-13,22,31H,2H2,1H3/t22-/m1/s1. The molecular formula is C26H18F2N2O4S. The van der Waals surface area contributed by atoms with Crippen LogP contribution in [0.2, 0.25) is 0 Å². The van der Waals surface area contributed by atoms with E-state index in [1.165, 1.54) is 52.6 Å². The number of nitrogens with zero attached hydrogens (tertiary/aromatic N) is 2. The number of benzene rings is 3. The van der Waals surface area contributed by atoms with Gasteiger partial charge in [0.25, 0.3) is 5.78 Å². The number of halogens is 2. The smallest absolute Gasteiger partial charge is 0.301 e. The maximum absolute atomic E-state index is 13.7. The third kappa shape index (κ3) is 4.04. The van der Waals surface area contributed by atoms with Gasteiger partial charge in [0.2, 0.25) is 0 Å². The first-order valence-corrected chi connectivity index (χ1v) is 11.5. The van der Waals surface area contributed by atoms with E-state index in [0.29, 0.717) is 23.4 Å². The lowest BCUT2D eigenvalue weighted by Crippen LogP contribution is -2.29. The van der Waals surface area contributed by atoms with Crippen molar-refractivity contribution in [2.24, 2.45) is 0 Å². The zero-order valence-electron chi connectivity index (χ0n) is 18.4. The minimum atomic E-state index is -1.06. The zero-order chi connectivity index (χ0) is 24.7. The number of ether oxygens (including phenoxy) is 1. The molecule has 0 spiro atoms. The predicted molar refractivity (Wildman–Crippen MR) is 128 cm³/mol. The normalized spacial score (nSPS) is 17.3. The lowest BCUT2D eigenvalue weighted by molar-refractivity contribution is -0.132. The molecule has 1 saturated heterocycles. The van der Waals surface area contributed by atoms with Crippen molar-refractivity contribution in [3.8, 4) is 5.75 Å². The number of carbonyl (C=O) groups is 2. The van der Waals surface area contributed by atoms with Gasteiger partial charge in [0.1, 0.15) is 23.1 Å². The van der Waals surface area contributed by atoms with Crippen LogP contribution in [0.5, 0.6) is 5.75 Å². The van der Waals surface area contributed by atoms with Crippen LogP contribution in [0.3, 0.4) is 0 Å². The van der Waals surface area contributed by atoms with Crippen molar-refractivity contribution in [3.63, 3.8) is 0 Å². The summed E-state index contributed by atoms with van der Waals surface area (Å²) in [5.74, 6) is -2.63. The topological polar surface area (TPSA) is 79.7 Å². The molecule has 176 valence electrons. The number of hydrogen-bond acceptors (Lipinski definition) is 6. The van der Waals surface area contributed by atoms with Gasteiger partial charge in [-0.15, -0.1) is 0 Å². The number of rotatable bonds is 5. The fraction of sp³-hybridized carbons (Fsp3) is 0.115. The second-order valence-electron chi connectivity index (χ2n) is 7.79. The fourth-order valence-corrected chi connectivity index (χ4v) is 5.03. The van der Waals surface area contributed by atoms with Crippen LogP contribution in [0.15, 0.2) is 72.3 Å². The number of fused-ring (bicyclic) bond motifs is 1. The maximum atomic E-state index is 13.7. The molecule has 35 heavy (non-hydrogen) atoms. The van der Waals surface area contributed by atoms with E-state index in [4.69, 9.17) is 4.74 Å². The number of aromatic nitrogens is 1. The Morgan fingerprint density at radius 3 is 2.34 bits per heavy atom. The summed E-state index contributed by atoms with van der Waals surface area (Å²) in [4.78, 5) is 32.2. The molecular weight excluding hydrogens is 474 g/mol. The zero-order valence-corrected chi connectivity index (χ0v) is 19.2. The highest BCUT2D eigenvalue weighted by Gasteiger charge is 2.48. The number of amides is 1. The number of ketones is 1. The van der Waals surface area contributed by atoms with Gasteiger partial charge in [0.15, 0.2) is 5.13 Å². The van der Waals surface area contributed by atoms with E-state index >= 15 is 0 Å². The summed E-state index contributed by atoms with van der Waals surface area (Å²) in [7, 11) is 0. The van der Waals surface area contributed by atoms with E-state index in [2.05, 4.69) is 4.98 Å². The van der Waals surface area contributed by atoms with Crippen LogP contribution >= 0.6 is 11.3 Å². The summed E-state index contributed by atoms with van der Waals surface area (Å²) in [5.41, 5.74) is 0.986. The first-order chi connectivity index (χ1) is 16.9. The van der Waals surface area contributed by atoms with Crippen LogP contribution in [-0.2, 0) is 9.59 Å². The van der Waals surface area contributed by atoms with Gasteiger partial charge in [-0.1, -0.05) is 23.5 Å².